The zero-order chi connectivity index (χ0) is 12.3. The lowest BCUT2D eigenvalue weighted by atomic mass is 10.1. The molecule has 0 radical (unpaired) electrons. The highest BCUT2D eigenvalue weighted by molar-refractivity contribution is 7.14. The van der Waals surface area contributed by atoms with E-state index in [-0.39, 0.29) is 17.2 Å². The molecular formula is C10H13ClO4S. The molecule has 0 aliphatic rings. The number of aromatic carboxylic acids is 1. The van der Waals surface area contributed by atoms with Crippen molar-refractivity contribution >= 4 is 28.9 Å². The quantitative estimate of drug-likeness (QED) is 0.709. The van der Waals surface area contributed by atoms with Gasteiger partial charge in [0.25, 0.3) is 0 Å². The predicted octanol–water partition coefficient (Wildman–Crippen LogP) is 1.78. The maximum absolute atomic E-state index is 10.7. The molecule has 0 saturated carbocycles. The van der Waals surface area contributed by atoms with Crippen LogP contribution >= 0.6 is 22.9 Å². The van der Waals surface area contributed by atoms with Crippen molar-refractivity contribution in [2.24, 2.45) is 0 Å². The fourth-order valence-corrected chi connectivity index (χ4v) is 2.62. The largest absolute Gasteiger partial charge is 0.477 e. The van der Waals surface area contributed by atoms with Gasteiger partial charge in [0.1, 0.15) is 11.0 Å². The first-order valence-electron chi connectivity index (χ1n) is 4.73. The summed E-state index contributed by atoms with van der Waals surface area (Å²) < 4.78 is 0. The summed E-state index contributed by atoms with van der Waals surface area (Å²) in [5, 5.41) is 28.2. The molecule has 90 valence electrons. The third-order valence-electron chi connectivity index (χ3n) is 2.20. The Morgan fingerprint density at radius 3 is 2.62 bits per heavy atom. The summed E-state index contributed by atoms with van der Waals surface area (Å²) in [6.45, 7) is 1.70. The van der Waals surface area contributed by atoms with Gasteiger partial charge in [-0.25, -0.2) is 4.79 Å². The first kappa shape index (κ1) is 13.4. The molecule has 1 heterocycles. The number of rotatable bonds is 5. The van der Waals surface area contributed by atoms with Crippen LogP contribution in [0.3, 0.4) is 0 Å². The Morgan fingerprint density at radius 2 is 2.19 bits per heavy atom. The molecule has 1 rings (SSSR count). The van der Waals surface area contributed by atoms with E-state index >= 15 is 0 Å². The highest BCUT2D eigenvalue weighted by atomic mass is 35.5. The van der Waals surface area contributed by atoms with Gasteiger partial charge in [0, 0.05) is 10.8 Å². The van der Waals surface area contributed by atoms with E-state index in [0.29, 0.717) is 10.4 Å². The lowest BCUT2D eigenvalue weighted by Crippen LogP contribution is -2.18. The van der Waals surface area contributed by atoms with Gasteiger partial charge in [-0.1, -0.05) is 0 Å². The topological polar surface area (TPSA) is 77.8 Å². The molecule has 0 saturated heterocycles. The summed E-state index contributed by atoms with van der Waals surface area (Å²) in [7, 11) is 0. The van der Waals surface area contributed by atoms with Crippen molar-refractivity contribution in [1.82, 2.24) is 0 Å². The Labute approximate surface area is 102 Å². The number of carbonyl (C=O) groups is 1. The molecule has 0 bridgehead atoms. The minimum Gasteiger partial charge on any atom is -0.477 e. The third-order valence-corrected chi connectivity index (χ3v) is 3.72. The molecule has 2 atom stereocenters. The van der Waals surface area contributed by atoms with Gasteiger partial charge in [0.15, 0.2) is 0 Å². The van der Waals surface area contributed by atoms with Gasteiger partial charge in [0.05, 0.1) is 6.10 Å². The number of hydrogen-bond donors (Lipinski definition) is 3. The van der Waals surface area contributed by atoms with Gasteiger partial charge in [0.2, 0.25) is 0 Å². The maximum Gasteiger partial charge on any atom is 0.345 e. The molecule has 3 N–H and O–H groups in total. The number of alkyl halides is 1. The summed E-state index contributed by atoms with van der Waals surface area (Å²) in [5.41, 5.74) is 0.670. The number of hydrogen-bond acceptors (Lipinski definition) is 4. The van der Waals surface area contributed by atoms with E-state index in [1.807, 2.05) is 0 Å². The van der Waals surface area contributed by atoms with E-state index in [0.717, 1.165) is 11.3 Å². The first-order valence-corrected chi connectivity index (χ1v) is 6.08. The van der Waals surface area contributed by atoms with E-state index in [4.69, 9.17) is 16.7 Å². The van der Waals surface area contributed by atoms with Crippen molar-refractivity contribution in [3.8, 4) is 0 Å². The summed E-state index contributed by atoms with van der Waals surface area (Å²) in [4.78, 5) is 11.4. The normalized spacial score (nSPS) is 14.8. The fraction of sp³-hybridized carbons (Fsp3) is 0.500. The number of aliphatic hydroxyl groups excluding tert-OH is 2. The van der Waals surface area contributed by atoms with E-state index in [9.17, 15) is 15.0 Å². The van der Waals surface area contributed by atoms with Crippen LogP contribution in [0, 0.1) is 6.92 Å². The van der Waals surface area contributed by atoms with Crippen molar-refractivity contribution in [1.29, 1.82) is 0 Å². The van der Waals surface area contributed by atoms with Gasteiger partial charge < -0.3 is 15.3 Å². The Morgan fingerprint density at radius 1 is 1.56 bits per heavy atom. The van der Waals surface area contributed by atoms with Crippen LogP contribution in [0.1, 0.15) is 32.6 Å². The third kappa shape index (κ3) is 2.95. The molecule has 6 heteroatoms. The smallest absolute Gasteiger partial charge is 0.345 e. The second-order valence-corrected chi connectivity index (χ2v) is 4.91. The molecule has 0 spiro atoms. The average molecular weight is 265 g/mol. The predicted molar refractivity (Wildman–Crippen MR) is 62.3 cm³/mol. The average Bonchev–Trinajstić information content (AvgIpc) is 2.60. The monoisotopic (exact) mass is 264 g/mol. The molecule has 16 heavy (non-hydrogen) atoms. The molecule has 2 unspecified atom stereocenters. The molecule has 0 fully saturated rings. The van der Waals surface area contributed by atoms with Crippen LogP contribution in [0.2, 0.25) is 0 Å². The van der Waals surface area contributed by atoms with Gasteiger partial charge in [-0.05, 0) is 25.0 Å². The minimum atomic E-state index is -1.07. The van der Waals surface area contributed by atoms with Crippen molar-refractivity contribution < 1.29 is 20.1 Å². The summed E-state index contributed by atoms with van der Waals surface area (Å²) in [6.07, 6.45) is -1.77. The second-order valence-electron chi connectivity index (χ2n) is 3.45. The lowest BCUT2D eigenvalue weighted by Gasteiger charge is -2.16. The van der Waals surface area contributed by atoms with Crippen molar-refractivity contribution in [3.63, 3.8) is 0 Å². The number of carboxylic acids is 1. The van der Waals surface area contributed by atoms with E-state index in [1.54, 1.807) is 6.92 Å². The van der Waals surface area contributed by atoms with Gasteiger partial charge in [-0.15, -0.1) is 22.9 Å². The van der Waals surface area contributed by atoms with Crippen LogP contribution < -0.4 is 0 Å². The van der Waals surface area contributed by atoms with Crippen molar-refractivity contribution in [2.75, 3.05) is 5.88 Å². The Kier molecular flexibility index (Phi) is 4.73. The molecular weight excluding hydrogens is 252 g/mol. The Hall–Kier alpha value is -0.620. The molecule has 0 amide bonds. The van der Waals surface area contributed by atoms with E-state index in [2.05, 4.69) is 0 Å². The van der Waals surface area contributed by atoms with Crippen LogP contribution in [0.5, 0.6) is 0 Å². The number of aryl methyl sites for hydroxylation is 1. The summed E-state index contributed by atoms with van der Waals surface area (Å²) in [6, 6.07) is 1.49. The molecule has 0 aliphatic carbocycles. The van der Waals surface area contributed by atoms with Crippen LogP contribution in [-0.4, -0.2) is 33.3 Å². The van der Waals surface area contributed by atoms with Crippen LogP contribution in [0.15, 0.2) is 6.07 Å². The fourth-order valence-electron chi connectivity index (χ4n) is 1.34. The van der Waals surface area contributed by atoms with Crippen LogP contribution in [-0.2, 0) is 0 Å². The zero-order valence-corrected chi connectivity index (χ0v) is 10.3. The number of halogens is 1. The maximum atomic E-state index is 10.7. The minimum absolute atomic E-state index is 0.157. The summed E-state index contributed by atoms with van der Waals surface area (Å²) in [5.74, 6) is -0.785. The number of aliphatic hydroxyl groups is 2. The Balaban J connectivity index is 2.90. The van der Waals surface area contributed by atoms with Crippen molar-refractivity contribution in [3.05, 3.63) is 21.4 Å². The van der Waals surface area contributed by atoms with Gasteiger partial charge in [-0.2, -0.15) is 0 Å². The lowest BCUT2D eigenvalue weighted by molar-refractivity contribution is 0.0188. The molecule has 4 nitrogen and oxygen atoms in total. The van der Waals surface area contributed by atoms with Crippen molar-refractivity contribution in [2.45, 2.75) is 25.6 Å². The van der Waals surface area contributed by atoms with Crippen LogP contribution in [0.4, 0.5) is 0 Å². The molecule has 1 aromatic heterocycles. The molecule has 0 aromatic carbocycles. The number of carboxylic acid groups (broad SMARTS) is 1. The van der Waals surface area contributed by atoms with Crippen LogP contribution in [0.25, 0.3) is 0 Å². The molecule has 0 aliphatic heterocycles. The highest BCUT2D eigenvalue weighted by Crippen LogP contribution is 2.30. The van der Waals surface area contributed by atoms with Gasteiger partial charge >= 0.3 is 5.97 Å². The number of thiophene rings is 1. The van der Waals surface area contributed by atoms with E-state index in [1.165, 1.54) is 6.07 Å². The first-order chi connectivity index (χ1) is 7.47. The SMILES string of the molecule is Cc1cc(C(=O)O)sc1C(O)C(O)CCCl. The standard InChI is InChI=1S/C10H13ClO4S/c1-5-4-7(10(14)15)16-9(5)8(13)6(12)2-3-11/h4,6,8,12-13H,2-3H2,1H3,(H,14,15). The highest BCUT2D eigenvalue weighted by Gasteiger charge is 2.23. The van der Waals surface area contributed by atoms with Gasteiger partial charge in [-0.3, -0.25) is 0 Å². The summed E-state index contributed by atoms with van der Waals surface area (Å²) >= 11 is 6.44. The van der Waals surface area contributed by atoms with E-state index < -0.39 is 18.2 Å². The Bertz CT molecular complexity index is 377. The zero-order valence-electron chi connectivity index (χ0n) is 8.68. The second kappa shape index (κ2) is 5.63. The molecule has 1 aromatic rings.